The largest absolute Gasteiger partial charge is 0.497 e. The van der Waals surface area contributed by atoms with Gasteiger partial charge in [0.1, 0.15) is 11.4 Å². The molecule has 1 unspecified atom stereocenters. The maximum Gasteiger partial charge on any atom is 0.276 e. The highest BCUT2D eigenvalue weighted by atomic mass is 32.2. The van der Waals surface area contributed by atoms with Crippen molar-refractivity contribution < 1.29 is 9.53 Å². The van der Waals surface area contributed by atoms with E-state index in [9.17, 15) is 4.79 Å². The van der Waals surface area contributed by atoms with Crippen LogP contribution in [0.15, 0.2) is 58.6 Å². The molecule has 2 aromatic rings. The number of rotatable bonds is 5. The average Bonchev–Trinajstić information content (AvgIpc) is 2.73. The number of nitrogens with one attached hydrogen (secondary N) is 1. The molecule has 144 valence electrons. The molecule has 0 saturated heterocycles. The van der Waals surface area contributed by atoms with Crippen molar-refractivity contribution in [2.45, 2.75) is 25.9 Å². The molecule has 0 aliphatic carbocycles. The Morgan fingerprint density at radius 2 is 2.07 bits per heavy atom. The van der Waals surface area contributed by atoms with E-state index in [2.05, 4.69) is 12.2 Å². The van der Waals surface area contributed by atoms with Crippen LogP contribution in [0.1, 0.15) is 31.5 Å². The molecule has 2 aliphatic heterocycles. The summed E-state index contributed by atoms with van der Waals surface area (Å²) in [6.45, 7) is 2.15. The molecule has 0 radical (unpaired) electrons. The van der Waals surface area contributed by atoms with Crippen molar-refractivity contribution in [3.8, 4) is 5.75 Å². The number of thioether (sulfide) groups is 1. The Morgan fingerprint density at radius 1 is 1.21 bits per heavy atom. The third-order valence-corrected chi connectivity index (χ3v) is 5.59. The van der Waals surface area contributed by atoms with E-state index in [1.54, 1.807) is 23.9 Å². The summed E-state index contributed by atoms with van der Waals surface area (Å²) in [5, 5.41) is 11.6. The first-order chi connectivity index (χ1) is 13.7. The van der Waals surface area contributed by atoms with Gasteiger partial charge >= 0.3 is 0 Å². The number of hydrogen-bond acceptors (Lipinski definition) is 6. The number of amidine groups is 1. The fourth-order valence-electron chi connectivity index (χ4n) is 3.22. The minimum atomic E-state index is -0.423. The van der Waals surface area contributed by atoms with Crippen molar-refractivity contribution in [1.29, 1.82) is 0 Å². The maximum absolute atomic E-state index is 13.0. The van der Waals surface area contributed by atoms with E-state index in [0.29, 0.717) is 10.9 Å². The lowest BCUT2D eigenvalue weighted by Crippen LogP contribution is -2.50. The number of carbonyl (C=O) groups excluding carboxylic acids is 1. The van der Waals surface area contributed by atoms with Gasteiger partial charge in [-0.05, 0) is 24.6 Å². The van der Waals surface area contributed by atoms with Crippen LogP contribution in [-0.4, -0.2) is 28.9 Å². The predicted octanol–water partition coefficient (Wildman–Crippen LogP) is 2.37. The zero-order valence-corrected chi connectivity index (χ0v) is 16.7. The summed E-state index contributed by atoms with van der Waals surface area (Å²) in [4.78, 5) is 17.9. The van der Waals surface area contributed by atoms with Crippen LogP contribution in [0.25, 0.3) is 5.70 Å². The Bertz CT molecular complexity index is 1050. The first-order valence-electron chi connectivity index (χ1n) is 9.34. The summed E-state index contributed by atoms with van der Waals surface area (Å²) in [6, 6.07) is 15.4. The minimum Gasteiger partial charge on any atom is -0.497 e. The molecule has 0 spiro atoms. The van der Waals surface area contributed by atoms with E-state index in [-0.39, 0.29) is 5.91 Å². The van der Waals surface area contributed by atoms with Crippen LogP contribution in [0.3, 0.4) is 0 Å². The number of benzene rings is 2. The fourth-order valence-corrected chi connectivity index (χ4v) is 4.16. The van der Waals surface area contributed by atoms with Crippen molar-refractivity contribution in [3.05, 3.63) is 64.7 Å². The molecule has 2 heterocycles. The molecule has 0 fully saturated rings. The number of fused-ring (bicyclic) bond motifs is 2. The number of amides is 1. The summed E-state index contributed by atoms with van der Waals surface area (Å²) in [7, 11) is 1.64. The maximum atomic E-state index is 13.0. The van der Waals surface area contributed by atoms with Crippen molar-refractivity contribution in [2.75, 3.05) is 12.9 Å². The molecular formula is C21H22N4O2S. The molecular weight excluding hydrogens is 372 g/mol. The van der Waals surface area contributed by atoms with Crippen LogP contribution in [0.2, 0.25) is 0 Å². The van der Waals surface area contributed by atoms with Gasteiger partial charge in [0.2, 0.25) is 0 Å². The first-order valence-corrected chi connectivity index (χ1v) is 10.3. The van der Waals surface area contributed by atoms with Gasteiger partial charge in [0.15, 0.2) is 11.3 Å². The van der Waals surface area contributed by atoms with Gasteiger partial charge in [0, 0.05) is 16.5 Å². The lowest BCUT2D eigenvalue weighted by Gasteiger charge is -2.34. The van der Waals surface area contributed by atoms with Gasteiger partial charge in [0.25, 0.3) is 5.91 Å². The van der Waals surface area contributed by atoms with Crippen molar-refractivity contribution in [2.24, 2.45) is 10.1 Å². The zero-order chi connectivity index (χ0) is 19.5. The number of para-hydroxylation sites is 1. The first kappa shape index (κ1) is 18.6. The lowest BCUT2D eigenvalue weighted by atomic mass is 10.1. The number of methoxy groups -OCH3 is 1. The Balaban J connectivity index is 1.83. The van der Waals surface area contributed by atoms with E-state index >= 15 is 0 Å². The third kappa shape index (κ3) is 3.49. The zero-order valence-electron chi connectivity index (χ0n) is 15.9. The number of unbranched alkanes of at least 4 members (excludes halogenated alkanes) is 1. The van der Waals surface area contributed by atoms with Gasteiger partial charge in [-0.15, -0.1) is 5.10 Å². The molecule has 28 heavy (non-hydrogen) atoms. The van der Waals surface area contributed by atoms with Crippen molar-refractivity contribution in [1.82, 2.24) is 10.3 Å². The molecule has 0 aromatic heterocycles. The third-order valence-electron chi connectivity index (χ3n) is 4.64. The molecule has 1 N–H and O–H groups in total. The van der Waals surface area contributed by atoms with E-state index in [4.69, 9.17) is 14.8 Å². The summed E-state index contributed by atoms with van der Waals surface area (Å²) in [5.74, 6) is 1.51. The van der Waals surface area contributed by atoms with Gasteiger partial charge in [0.05, 0.1) is 12.5 Å². The quantitative estimate of drug-likeness (QED) is 0.791. The van der Waals surface area contributed by atoms with Crippen molar-refractivity contribution >= 4 is 28.5 Å². The predicted molar refractivity (Wildman–Crippen MR) is 111 cm³/mol. The number of carbonyl (C=O) groups is 1. The Labute approximate surface area is 168 Å². The molecule has 1 amide bonds. The number of nitrogens with zero attached hydrogens (tertiary/aromatic N) is 3. The summed E-state index contributed by atoms with van der Waals surface area (Å²) in [6.07, 6.45) is 1.75. The van der Waals surface area contributed by atoms with Crippen LogP contribution < -0.4 is 20.6 Å². The van der Waals surface area contributed by atoms with Gasteiger partial charge in [-0.2, -0.15) is 0 Å². The summed E-state index contributed by atoms with van der Waals surface area (Å²) < 4.78 is 5.37. The summed E-state index contributed by atoms with van der Waals surface area (Å²) in [5.41, 5.74) is 1.45. The average molecular weight is 395 g/mol. The minimum absolute atomic E-state index is 0.149. The number of hydrogen-bond donors (Lipinski definition) is 1. The van der Waals surface area contributed by atoms with Gasteiger partial charge in [-0.25, -0.2) is 5.01 Å². The van der Waals surface area contributed by atoms with Crippen LogP contribution in [-0.2, 0) is 4.79 Å². The summed E-state index contributed by atoms with van der Waals surface area (Å²) >= 11 is 1.56. The molecule has 0 bridgehead atoms. The van der Waals surface area contributed by atoms with Gasteiger partial charge < -0.3 is 4.74 Å². The van der Waals surface area contributed by atoms with Crippen LogP contribution in [0.5, 0.6) is 5.75 Å². The molecule has 4 rings (SSSR count). The van der Waals surface area contributed by atoms with Crippen molar-refractivity contribution in [3.63, 3.8) is 0 Å². The highest BCUT2D eigenvalue weighted by molar-refractivity contribution is 8.13. The van der Waals surface area contributed by atoms with E-state index < -0.39 is 6.17 Å². The molecule has 6 nitrogen and oxygen atoms in total. The van der Waals surface area contributed by atoms with E-state index in [1.807, 2.05) is 48.5 Å². The van der Waals surface area contributed by atoms with E-state index in [0.717, 1.165) is 40.5 Å². The second-order valence-corrected chi connectivity index (χ2v) is 7.63. The Kier molecular flexibility index (Phi) is 5.34. The fraction of sp³-hybridized carbons (Fsp3) is 0.286. The number of ether oxygens (including phenoxy) is 1. The van der Waals surface area contributed by atoms with Gasteiger partial charge in [-0.3, -0.25) is 15.1 Å². The monoisotopic (exact) mass is 394 g/mol. The highest BCUT2D eigenvalue weighted by Crippen LogP contribution is 2.32. The normalized spacial score (nSPS) is 17.9. The van der Waals surface area contributed by atoms with Gasteiger partial charge in [-0.1, -0.05) is 55.4 Å². The Hall–Kier alpha value is -2.80. The van der Waals surface area contributed by atoms with E-state index in [1.165, 1.54) is 0 Å². The number of hydrazone groups is 1. The topological polar surface area (TPSA) is 66.3 Å². The standard InChI is InChI=1S/C21H22N4O2S/c1-3-4-12-28-21-23-20(26)18-16-10-5-6-11-17(16)22-19(25(18)24-21)14-8-7-9-15(13-14)27-2/h5-11,13,19H,3-4,12H2,1-2H3,(H,23,24,26). The Morgan fingerprint density at radius 3 is 2.89 bits per heavy atom. The van der Waals surface area contributed by atoms with Crippen LogP contribution >= 0.6 is 11.8 Å². The highest BCUT2D eigenvalue weighted by Gasteiger charge is 2.34. The van der Waals surface area contributed by atoms with Crippen LogP contribution in [0, 0.1) is 0 Å². The SMILES string of the molecule is CCCCSC1=NN2C(=c3ccccc3=NC2c2cccc(OC)c2)C(=O)N1. The molecule has 2 aromatic carbocycles. The lowest BCUT2D eigenvalue weighted by molar-refractivity contribution is -0.116. The molecule has 2 aliphatic rings. The van der Waals surface area contributed by atoms with Crippen LogP contribution in [0.4, 0.5) is 0 Å². The molecule has 1 atom stereocenters. The molecule has 7 heteroatoms. The smallest absolute Gasteiger partial charge is 0.276 e. The second kappa shape index (κ2) is 8.06. The second-order valence-electron chi connectivity index (χ2n) is 6.55. The molecule has 0 saturated carbocycles.